The van der Waals surface area contributed by atoms with Gasteiger partial charge in [-0.3, -0.25) is 0 Å². The Hall–Kier alpha value is -1.54. The standard InChI is InChI=1S/C17H20ClNO/c1-4-12(2)15-5-7-16(8-6-15)20-17-10-14(11-18)9-13(3)19-17/h5-10,12H,4,11H2,1-3H3. The Morgan fingerprint density at radius 1 is 1.20 bits per heavy atom. The summed E-state index contributed by atoms with van der Waals surface area (Å²) in [6, 6.07) is 12.1. The molecule has 1 aromatic carbocycles. The maximum atomic E-state index is 5.86. The van der Waals surface area contributed by atoms with Gasteiger partial charge >= 0.3 is 0 Å². The fraction of sp³-hybridized carbons (Fsp3) is 0.353. The lowest BCUT2D eigenvalue weighted by molar-refractivity contribution is 0.460. The summed E-state index contributed by atoms with van der Waals surface area (Å²) in [6.45, 7) is 6.36. The molecule has 106 valence electrons. The van der Waals surface area contributed by atoms with Gasteiger partial charge in [-0.25, -0.2) is 4.98 Å². The van der Waals surface area contributed by atoms with Crippen LogP contribution in [0.2, 0.25) is 0 Å². The number of aryl methyl sites for hydroxylation is 1. The molecule has 1 atom stereocenters. The van der Waals surface area contributed by atoms with Gasteiger partial charge in [-0.05, 0) is 48.6 Å². The Labute approximate surface area is 125 Å². The number of hydrogen-bond acceptors (Lipinski definition) is 2. The lowest BCUT2D eigenvalue weighted by Crippen LogP contribution is -1.94. The molecular weight excluding hydrogens is 270 g/mol. The topological polar surface area (TPSA) is 22.1 Å². The zero-order chi connectivity index (χ0) is 14.5. The Kier molecular flexibility index (Phi) is 5.02. The van der Waals surface area contributed by atoms with Crippen LogP contribution < -0.4 is 4.74 Å². The minimum atomic E-state index is 0.465. The average molecular weight is 290 g/mol. The maximum absolute atomic E-state index is 5.86. The van der Waals surface area contributed by atoms with Crippen molar-refractivity contribution in [2.75, 3.05) is 0 Å². The van der Waals surface area contributed by atoms with E-state index in [-0.39, 0.29) is 0 Å². The molecule has 2 aromatic rings. The minimum absolute atomic E-state index is 0.465. The molecule has 0 radical (unpaired) electrons. The van der Waals surface area contributed by atoms with E-state index in [0.717, 1.165) is 23.4 Å². The van der Waals surface area contributed by atoms with E-state index in [1.54, 1.807) is 0 Å². The number of nitrogens with zero attached hydrogens (tertiary/aromatic N) is 1. The number of aromatic nitrogens is 1. The normalized spacial score (nSPS) is 12.2. The summed E-state index contributed by atoms with van der Waals surface area (Å²) in [4.78, 5) is 4.37. The van der Waals surface area contributed by atoms with Crippen LogP contribution in [0.3, 0.4) is 0 Å². The third-order valence-electron chi connectivity index (χ3n) is 3.43. The van der Waals surface area contributed by atoms with Crippen LogP contribution in [0, 0.1) is 6.92 Å². The smallest absolute Gasteiger partial charge is 0.219 e. The van der Waals surface area contributed by atoms with Gasteiger partial charge in [0.15, 0.2) is 0 Å². The highest BCUT2D eigenvalue weighted by molar-refractivity contribution is 6.17. The molecule has 1 heterocycles. The van der Waals surface area contributed by atoms with Crippen molar-refractivity contribution in [1.82, 2.24) is 4.98 Å². The SMILES string of the molecule is CCC(C)c1ccc(Oc2cc(CCl)cc(C)n2)cc1. The van der Waals surface area contributed by atoms with Crippen LogP contribution in [0.1, 0.15) is 43.0 Å². The van der Waals surface area contributed by atoms with E-state index in [1.165, 1.54) is 5.56 Å². The highest BCUT2D eigenvalue weighted by atomic mass is 35.5. The van der Waals surface area contributed by atoms with Crippen LogP contribution in [0.5, 0.6) is 11.6 Å². The molecule has 0 saturated carbocycles. The highest BCUT2D eigenvalue weighted by Crippen LogP contribution is 2.25. The Morgan fingerprint density at radius 2 is 1.90 bits per heavy atom. The first-order valence-corrected chi connectivity index (χ1v) is 7.47. The van der Waals surface area contributed by atoms with E-state index in [0.29, 0.717) is 17.7 Å². The van der Waals surface area contributed by atoms with E-state index in [9.17, 15) is 0 Å². The van der Waals surface area contributed by atoms with Crippen molar-refractivity contribution < 1.29 is 4.74 Å². The number of halogens is 1. The monoisotopic (exact) mass is 289 g/mol. The summed E-state index contributed by atoms with van der Waals surface area (Å²) in [5.74, 6) is 2.43. The molecule has 3 heteroatoms. The van der Waals surface area contributed by atoms with Gasteiger partial charge in [-0.1, -0.05) is 26.0 Å². The molecule has 0 N–H and O–H groups in total. The van der Waals surface area contributed by atoms with Crippen molar-refractivity contribution in [3.05, 3.63) is 53.2 Å². The molecule has 0 fully saturated rings. The molecule has 1 aromatic heterocycles. The van der Waals surface area contributed by atoms with Crippen LogP contribution in [0.15, 0.2) is 36.4 Å². The molecular formula is C17H20ClNO. The second-order valence-corrected chi connectivity index (χ2v) is 5.34. The van der Waals surface area contributed by atoms with Gasteiger partial charge in [-0.15, -0.1) is 11.6 Å². The molecule has 0 saturated heterocycles. The fourth-order valence-corrected chi connectivity index (χ4v) is 2.21. The molecule has 2 nitrogen and oxygen atoms in total. The molecule has 20 heavy (non-hydrogen) atoms. The van der Waals surface area contributed by atoms with E-state index >= 15 is 0 Å². The van der Waals surface area contributed by atoms with Gasteiger partial charge in [0.2, 0.25) is 5.88 Å². The Morgan fingerprint density at radius 3 is 2.50 bits per heavy atom. The lowest BCUT2D eigenvalue weighted by Gasteiger charge is -2.11. The summed E-state index contributed by atoms with van der Waals surface area (Å²) in [5.41, 5.74) is 3.26. The van der Waals surface area contributed by atoms with Crippen molar-refractivity contribution in [2.45, 2.75) is 39.0 Å². The third kappa shape index (κ3) is 3.73. The quantitative estimate of drug-likeness (QED) is 0.684. The largest absolute Gasteiger partial charge is 0.439 e. The first-order chi connectivity index (χ1) is 9.62. The van der Waals surface area contributed by atoms with Gasteiger partial charge in [-0.2, -0.15) is 0 Å². The van der Waals surface area contributed by atoms with Gasteiger partial charge in [0.05, 0.1) is 0 Å². The molecule has 0 spiro atoms. The number of alkyl halides is 1. The van der Waals surface area contributed by atoms with Gasteiger partial charge in [0.1, 0.15) is 5.75 Å². The van der Waals surface area contributed by atoms with Gasteiger partial charge in [0.25, 0.3) is 0 Å². The van der Waals surface area contributed by atoms with Crippen LogP contribution in [-0.4, -0.2) is 4.98 Å². The van der Waals surface area contributed by atoms with E-state index in [2.05, 4.69) is 31.0 Å². The molecule has 0 amide bonds. The minimum Gasteiger partial charge on any atom is -0.439 e. The first-order valence-electron chi connectivity index (χ1n) is 6.93. The molecule has 0 aliphatic rings. The van der Waals surface area contributed by atoms with E-state index in [4.69, 9.17) is 16.3 Å². The van der Waals surface area contributed by atoms with Crippen LogP contribution in [-0.2, 0) is 5.88 Å². The molecule has 0 aliphatic heterocycles. The lowest BCUT2D eigenvalue weighted by atomic mass is 9.99. The summed E-state index contributed by atoms with van der Waals surface area (Å²) < 4.78 is 5.80. The zero-order valence-electron chi connectivity index (χ0n) is 12.2. The average Bonchev–Trinajstić information content (AvgIpc) is 2.46. The van der Waals surface area contributed by atoms with Crippen molar-refractivity contribution in [3.63, 3.8) is 0 Å². The fourth-order valence-electron chi connectivity index (χ4n) is 2.06. The van der Waals surface area contributed by atoms with Crippen LogP contribution in [0.25, 0.3) is 0 Å². The number of rotatable bonds is 5. The summed E-state index contributed by atoms with van der Waals surface area (Å²) in [5, 5.41) is 0. The summed E-state index contributed by atoms with van der Waals surface area (Å²) >= 11 is 5.86. The zero-order valence-corrected chi connectivity index (χ0v) is 12.9. The Balaban J connectivity index is 2.15. The van der Waals surface area contributed by atoms with Gasteiger partial charge < -0.3 is 4.74 Å². The summed E-state index contributed by atoms with van der Waals surface area (Å²) in [6.07, 6.45) is 1.14. The third-order valence-corrected chi connectivity index (χ3v) is 3.74. The van der Waals surface area contributed by atoms with Crippen LogP contribution in [0.4, 0.5) is 0 Å². The highest BCUT2D eigenvalue weighted by Gasteiger charge is 2.05. The Bertz CT molecular complexity index is 566. The number of pyridine rings is 1. The number of benzene rings is 1. The summed E-state index contributed by atoms with van der Waals surface area (Å²) in [7, 11) is 0. The molecule has 0 aliphatic carbocycles. The molecule has 0 bridgehead atoms. The van der Waals surface area contributed by atoms with Crippen molar-refractivity contribution in [1.29, 1.82) is 0 Å². The van der Waals surface area contributed by atoms with Gasteiger partial charge in [0, 0.05) is 17.6 Å². The first kappa shape index (κ1) is 14.9. The molecule has 1 unspecified atom stereocenters. The predicted octanol–water partition coefficient (Wildman–Crippen LogP) is 5.43. The number of ether oxygens (including phenoxy) is 1. The van der Waals surface area contributed by atoms with Crippen molar-refractivity contribution in [2.24, 2.45) is 0 Å². The van der Waals surface area contributed by atoms with Crippen molar-refractivity contribution >= 4 is 11.6 Å². The van der Waals surface area contributed by atoms with Crippen molar-refractivity contribution in [3.8, 4) is 11.6 Å². The van der Waals surface area contributed by atoms with E-state index in [1.807, 2.05) is 31.2 Å². The van der Waals surface area contributed by atoms with E-state index < -0.39 is 0 Å². The maximum Gasteiger partial charge on any atom is 0.219 e. The second-order valence-electron chi connectivity index (χ2n) is 5.07. The van der Waals surface area contributed by atoms with Crippen LogP contribution >= 0.6 is 11.6 Å². The number of hydrogen-bond donors (Lipinski definition) is 0. The predicted molar refractivity (Wildman–Crippen MR) is 83.8 cm³/mol. The second kappa shape index (κ2) is 6.76. The molecule has 2 rings (SSSR count).